The third-order valence-electron chi connectivity index (χ3n) is 3.57. The quantitative estimate of drug-likeness (QED) is 0.418. The van der Waals surface area contributed by atoms with Crippen molar-refractivity contribution < 1.29 is 19.0 Å². The van der Waals surface area contributed by atoms with E-state index in [4.69, 9.17) is 25.7 Å². The molecule has 0 heterocycles. The Labute approximate surface area is 151 Å². The summed E-state index contributed by atoms with van der Waals surface area (Å²) >= 11 is 0. The van der Waals surface area contributed by atoms with Gasteiger partial charge in [0, 0.05) is 17.7 Å². The van der Waals surface area contributed by atoms with Crippen molar-refractivity contribution in [2.24, 2.45) is 10.7 Å². The lowest BCUT2D eigenvalue weighted by Gasteiger charge is -2.12. The number of methoxy groups -OCH3 is 3. The molecule has 8 nitrogen and oxygen atoms in total. The summed E-state index contributed by atoms with van der Waals surface area (Å²) < 4.78 is 15.9. The van der Waals surface area contributed by atoms with E-state index in [2.05, 4.69) is 10.3 Å². The van der Waals surface area contributed by atoms with Gasteiger partial charge < -0.3 is 25.7 Å². The number of carbonyl (C=O) groups excluding carboxylic acids is 1. The Bertz CT molecular complexity index is 809. The fraction of sp³-hybridized carbons (Fsp3) is 0.222. The lowest BCUT2D eigenvalue weighted by molar-refractivity contribution is -0.115. The van der Waals surface area contributed by atoms with Crippen molar-refractivity contribution in [2.75, 3.05) is 27.1 Å². The highest BCUT2D eigenvalue weighted by atomic mass is 16.5. The van der Waals surface area contributed by atoms with Crippen LogP contribution in [0.4, 0.5) is 11.4 Å². The van der Waals surface area contributed by atoms with Crippen molar-refractivity contribution in [3.8, 4) is 0 Å². The highest BCUT2D eigenvalue weighted by Crippen LogP contribution is 2.25. The number of anilines is 1. The van der Waals surface area contributed by atoms with Gasteiger partial charge in [-0.25, -0.2) is 4.99 Å². The van der Waals surface area contributed by atoms with Gasteiger partial charge in [0.2, 0.25) is 5.96 Å². The molecule has 1 amide bonds. The van der Waals surface area contributed by atoms with Crippen molar-refractivity contribution in [1.82, 2.24) is 5.32 Å². The number of nitrogens with zero attached hydrogens (tertiary/aromatic N) is 1. The molecule has 2 rings (SSSR count). The van der Waals surface area contributed by atoms with Crippen LogP contribution in [0, 0.1) is 0 Å². The number of ether oxygens (including phenoxy) is 3. The second kappa shape index (κ2) is 8.61. The molecule has 0 saturated heterocycles. The molecule has 0 fully saturated rings. The van der Waals surface area contributed by atoms with Gasteiger partial charge in [-0.1, -0.05) is 12.1 Å². The van der Waals surface area contributed by atoms with Crippen LogP contribution in [-0.2, 0) is 19.0 Å². The molecular formula is C18H22N4O4. The van der Waals surface area contributed by atoms with Gasteiger partial charge >= 0.3 is 0 Å². The molecule has 5 N–H and O–H groups in total. The number of carbonyl (C=O) groups is 1. The van der Waals surface area contributed by atoms with Crippen LogP contribution < -0.4 is 16.8 Å². The smallest absolute Gasteiger partial charge is 0.257 e. The monoisotopic (exact) mass is 358 g/mol. The molecule has 0 saturated carbocycles. The minimum absolute atomic E-state index is 0.0509. The molecule has 0 atom stereocenters. The molecule has 1 aliphatic carbocycles. The van der Waals surface area contributed by atoms with E-state index < -0.39 is 5.91 Å². The number of allylic oxidation sites excluding steroid dienone is 1. The normalized spacial score (nSPS) is 14.8. The molecule has 0 bridgehead atoms. The number of nitrogens with two attached hydrogens (primary N) is 2. The van der Waals surface area contributed by atoms with Gasteiger partial charge in [0.25, 0.3) is 5.91 Å². The summed E-state index contributed by atoms with van der Waals surface area (Å²) in [6.07, 6.45) is 3.60. The number of guanidine groups is 1. The zero-order valence-corrected chi connectivity index (χ0v) is 14.9. The zero-order chi connectivity index (χ0) is 19.1. The Kier molecular flexibility index (Phi) is 6.26. The van der Waals surface area contributed by atoms with E-state index in [-0.39, 0.29) is 5.96 Å². The van der Waals surface area contributed by atoms with Crippen LogP contribution in [0.25, 0.3) is 0 Å². The fourth-order valence-corrected chi connectivity index (χ4v) is 2.35. The number of hydrogen-bond donors (Lipinski definition) is 3. The van der Waals surface area contributed by atoms with Crippen LogP contribution in [0.15, 0.2) is 64.3 Å². The SMILES string of the molecule is COC1=CC(C(=O)NC(N)=Nc2cccc(N)c2)=CCC(OC)=C1OC. The molecular weight excluding hydrogens is 336 g/mol. The molecule has 1 aromatic carbocycles. The maximum atomic E-state index is 12.5. The summed E-state index contributed by atoms with van der Waals surface area (Å²) in [7, 11) is 4.51. The molecule has 0 aromatic heterocycles. The van der Waals surface area contributed by atoms with Crippen molar-refractivity contribution >= 4 is 23.2 Å². The maximum absolute atomic E-state index is 12.5. The zero-order valence-electron chi connectivity index (χ0n) is 14.9. The minimum Gasteiger partial charge on any atom is -0.497 e. The lowest BCUT2D eigenvalue weighted by Crippen LogP contribution is -2.37. The van der Waals surface area contributed by atoms with Crippen LogP contribution in [-0.4, -0.2) is 33.2 Å². The van der Waals surface area contributed by atoms with E-state index in [0.29, 0.717) is 40.6 Å². The van der Waals surface area contributed by atoms with Crippen LogP contribution >= 0.6 is 0 Å². The predicted octanol–water partition coefficient (Wildman–Crippen LogP) is 1.70. The van der Waals surface area contributed by atoms with Crippen LogP contribution in [0.2, 0.25) is 0 Å². The van der Waals surface area contributed by atoms with Crippen LogP contribution in [0.3, 0.4) is 0 Å². The van der Waals surface area contributed by atoms with Gasteiger partial charge in [0.15, 0.2) is 11.5 Å². The van der Waals surface area contributed by atoms with Gasteiger partial charge in [-0.2, -0.15) is 0 Å². The average molecular weight is 358 g/mol. The first-order valence-corrected chi connectivity index (χ1v) is 7.76. The topological polar surface area (TPSA) is 121 Å². The molecule has 26 heavy (non-hydrogen) atoms. The molecule has 0 unspecified atom stereocenters. The van der Waals surface area contributed by atoms with Crippen LogP contribution in [0.1, 0.15) is 6.42 Å². The van der Waals surface area contributed by atoms with Crippen molar-refractivity contribution in [3.63, 3.8) is 0 Å². The summed E-state index contributed by atoms with van der Waals surface area (Å²) in [6.45, 7) is 0. The van der Waals surface area contributed by atoms with Gasteiger partial charge in [-0.3, -0.25) is 10.1 Å². The van der Waals surface area contributed by atoms with E-state index in [1.54, 1.807) is 36.4 Å². The fourth-order valence-electron chi connectivity index (χ4n) is 2.35. The first-order chi connectivity index (χ1) is 12.5. The number of nitrogens with one attached hydrogen (secondary N) is 1. The second-order valence-corrected chi connectivity index (χ2v) is 5.28. The van der Waals surface area contributed by atoms with E-state index in [0.717, 1.165) is 0 Å². The molecule has 8 heteroatoms. The van der Waals surface area contributed by atoms with Gasteiger partial charge in [0.1, 0.15) is 5.76 Å². The second-order valence-electron chi connectivity index (χ2n) is 5.28. The first-order valence-electron chi connectivity index (χ1n) is 7.76. The van der Waals surface area contributed by atoms with E-state index in [1.807, 2.05) is 0 Å². The van der Waals surface area contributed by atoms with E-state index >= 15 is 0 Å². The largest absolute Gasteiger partial charge is 0.497 e. The van der Waals surface area contributed by atoms with Gasteiger partial charge in [0.05, 0.1) is 27.0 Å². The molecule has 1 aromatic rings. The Balaban J connectivity index is 2.20. The van der Waals surface area contributed by atoms with E-state index in [9.17, 15) is 4.79 Å². The Morgan fingerprint density at radius 2 is 1.96 bits per heavy atom. The lowest BCUT2D eigenvalue weighted by atomic mass is 10.2. The average Bonchev–Trinajstić information content (AvgIpc) is 2.80. The Morgan fingerprint density at radius 3 is 2.58 bits per heavy atom. The standard InChI is InChI=1S/C18H22N4O4/c1-24-14-8-7-11(9-15(25-2)16(14)26-3)17(23)22-18(20)21-13-6-4-5-12(19)10-13/h4-7,9-10H,8,19H2,1-3H3,(H3,20,21,22,23). The summed E-state index contributed by atoms with van der Waals surface area (Å²) in [5.41, 5.74) is 12.9. The van der Waals surface area contributed by atoms with Crippen LogP contribution in [0.5, 0.6) is 0 Å². The molecule has 0 spiro atoms. The summed E-state index contributed by atoms with van der Waals surface area (Å²) in [5, 5.41) is 2.54. The summed E-state index contributed by atoms with van der Waals surface area (Å²) in [5.74, 6) is 0.859. The van der Waals surface area contributed by atoms with E-state index in [1.165, 1.54) is 21.3 Å². The highest BCUT2D eigenvalue weighted by molar-refractivity contribution is 6.07. The number of nitrogen functional groups attached to an aromatic ring is 1. The first kappa shape index (κ1) is 18.9. The van der Waals surface area contributed by atoms with Gasteiger partial charge in [-0.15, -0.1) is 0 Å². The summed E-state index contributed by atoms with van der Waals surface area (Å²) in [6, 6.07) is 6.85. The Morgan fingerprint density at radius 1 is 1.19 bits per heavy atom. The highest BCUT2D eigenvalue weighted by Gasteiger charge is 2.20. The Hall–Kier alpha value is -3.42. The maximum Gasteiger partial charge on any atom is 0.257 e. The molecule has 1 aliphatic rings. The number of benzene rings is 1. The number of aliphatic imine (C=N–C) groups is 1. The third-order valence-corrected chi connectivity index (χ3v) is 3.57. The third kappa shape index (κ3) is 4.56. The van der Waals surface area contributed by atoms with Crippen molar-refractivity contribution in [2.45, 2.75) is 6.42 Å². The number of hydrogen-bond acceptors (Lipinski definition) is 6. The van der Waals surface area contributed by atoms with Crippen molar-refractivity contribution in [1.29, 1.82) is 0 Å². The molecule has 0 aliphatic heterocycles. The summed E-state index contributed by atoms with van der Waals surface area (Å²) in [4.78, 5) is 16.6. The molecule has 138 valence electrons. The number of rotatable bonds is 5. The molecule has 0 radical (unpaired) electrons. The predicted molar refractivity (Wildman–Crippen MR) is 99.1 cm³/mol. The number of amides is 1. The van der Waals surface area contributed by atoms with Gasteiger partial charge in [-0.05, 0) is 24.3 Å². The minimum atomic E-state index is -0.433. The van der Waals surface area contributed by atoms with Crippen molar-refractivity contribution in [3.05, 3.63) is 59.3 Å².